The lowest BCUT2D eigenvalue weighted by atomic mass is 10.0. The number of aryl methyl sites for hydroxylation is 1. The van der Waals surface area contributed by atoms with Crippen LogP contribution in [0.5, 0.6) is 11.5 Å². The Morgan fingerprint density at radius 3 is 2.47 bits per heavy atom. The third-order valence-electron chi connectivity index (χ3n) is 2.58. The molecule has 1 aromatic carbocycles. The summed E-state index contributed by atoms with van der Waals surface area (Å²) in [5.41, 5.74) is 8.57. The Morgan fingerprint density at radius 2 is 1.94 bits per heavy atom. The molecular weight excluding hydrogens is 218 g/mol. The van der Waals surface area contributed by atoms with Gasteiger partial charge in [-0.1, -0.05) is 0 Å². The molecule has 0 saturated heterocycles. The highest BCUT2D eigenvalue weighted by Crippen LogP contribution is 2.40. The van der Waals surface area contributed by atoms with E-state index in [-0.39, 0.29) is 0 Å². The van der Waals surface area contributed by atoms with Gasteiger partial charge in [0, 0.05) is 11.1 Å². The molecule has 0 spiro atoms. The van der Waals surface area contributed by atoms with Crippen LogP contribution < -0.4 is 15.2 Å². The number of rotatable bonds is 3. The number of nitrogen functional groups attached to an aromatic ring is 1. The van der Waals surface area contributed by atoms with Crippen LogP contribution in [0.25, 0.3) is 11.1 Å². The average molecular weight is 233 g/mol. The number of anilines is 1. The molecule has 1 aromatic heterocycles. The number of benzene rings is 1. The summed E-state index contributed by atoms with van der Waals surface area (Å²) in [7, 11) is 3.22. The van der Waals surface area contributed by atoms with Crippen LogP contribution in [0.2, 0.25) is 0 Å². The molecule has 0 radical (unpaired) electrons. The van der Waals surface area contributed by atoms with Crippen LogP contribution in [-0.2, 0) is 0 Å². The molecule has 0 unspecified atom stereocenters. The Kier molecular flexibility index (Phi) is 2.91. The van der Waals surface area contributed by atoms with Crippen molar-refractivity contribution >= 4 is 5.82 Å². The van der Waals surface area contributed by atoms with Gasteiger partial charge >= 0.3 is 0 Å². The maximum absolute atomic E-state index is 5.82. The highest BCUT2D eigenvalue weighted by molar-refractivity contribution is 5.80. The van der Waals surface area contributed by atoms with Crippen LogP contribution in [0.1, 0.15) is 5.56 Å². The number of hydrogen-bond acceptors (Lipinski definition) is 4. The predicted molar refractivity (Wildman–Crippen MR) is 66.3 cm³/mol. The standard InChI is InChI=1S/C12H15N3O2/c1-7-4-8(9-6-14-15-12(9)13)11(17-3)10(5-7)16-2/h4-6H,1-3H3,(H3,13,14,15). The van der Waals surface area contributed by atoms with Gasteiger partial charge in [0.15, 0.2) is 11.5 Å². The fourth-order valence-corrected chi connectivity index (χ4v) is 1.81. The quantitative estimate of drug-likeness (QED) is 0.850. The van der Waals surface area contributed by atoms with Crippen molar-refractivity contribution in [1.29, 1.82) is 0 Å². The molecule has 0 bridgehead atoms. The summed E-state index contributed by atoms with van der Waals surface area (Å²) in [5.74, 6) is 1.85. The van der Waals surface area contributed by atoms with Gasteiger partial charge in [0.25, 0.3) is 0 Å². The largest absolute Gasteiger partial charge is 0.493 e. The molecule has 0 aliphatic rings. The third-order valence-corrected chi connectivity index (χ3v) is 2.58. The summed E-state index contributed by atoms with van der Waals surface area (Å²) in [5, 5.41) is 6.62. The Morgan fingerprint density at radius 1 is 1.18 bits per heavy atom. The van der Waals surface area contributed by atoms with Crippen molar-refractivity contribution < 1.29 is 9.47 Å². The second-order valence-corrected chi connectivity index (χ2v) is 3.75. The van der Waals surface area contributed by atoms with Gasteiger partial charge in [-0.3, -0.25) is 5.10 Å². The molecule has 17 heavy (non-hydrogen) atoms. The molecule has 2 aromatic rings. The molecule has 0 aliphatic carbocycles. The minimum Gasteiger partial charge on any atom is -0.493 e. The zero-order chi connectivity index (χ0) is 12.4. The van der Waals surface area contributed by atoms with Crippen molar-refractivity contribution in [2.45, 2.75) is 6.92 Å². The molecule has 0 amide bonds. The zero-order valence-corrected chi connectivity index (χ0v) is 10.1. The van der Waals surface area contributed by atoms with Gasteiger partial charge in [-0.15, -0.1) is 0 Å². The first-order chi connectivity index (χ1) is 8.17. The SMILES string of the molecule is COc1cc(C)cc(-c2cn[nH]c2N)c1OC. The van der Waals surface area contributed by atoms with Gasteiger partial charge in [-0.2, -0.15) is 5.10 Å². The molecular formula is C12H15N3O2. The summed E-state index contributed by atoms with van der Waals surface area (Å²) < 4.78 is 10.7. The molecule has 5 nitrogen and oxygen atoms in total. The molecule has 1 heterocycles. The summed E-state index contributed by atoms with van der Waals surface area (Å²) in [6.07, 6.45) is 1.67. The number of ether oxygens (including phenoxy) is 2. The van der Waals surface area contributed by atoms with E-state index in [1.165, 1.54) is 0 Å². The van der Waals surface area contributed by atoms with Crippen LogP contribution in [0.4, 0.5) is 5.82 Å². The third kappa shape index (κ3) is 1.91. The number of nitrogens with zero attached hydrogens (tertiary/aromatic N) is 1. The van der Waals surface area contributed by atoms with E-state index in [9.17, 15) is 0 Å². The molecule has 3 N–H and O–H groups in total. The number of hydrogen-bond donors (Lipinski definition) is 2. The predicted octanol–water partition coefficient (Wildman–Crippen LogP) is 1.98. The number of nitrogens with two attached hydrogens (primary N) is 1. The maximum Gasteiger partial charge on any atom is 0.168 e. The van der Waals surface area contributed by atoms with E-state index in [1.54, 1.807) is 20.4 Å². The van der Waals surface area contributed by atoms with E-state index >= 15 is 0 Å². The highest BCUT2D eigenvalue weighted by atomic mass is 16.5. The first-order valence-corrected chi connectivity index (χ1v) is 5.19. The summed E-state index contributed by atoms with van der Waals surface area (Å²) in [4.78, 5) is 0. The fourth-order valence-electron chi connectivity index (χ4n) is 1.81. The first kappa shape index (κ1) is 11.3. The van der Waals surface area contributed by atoms with Crippen molar-refractivity contribution in [3.05, 3.63) is 23.9 Å². The molecule has 0 aliphatic heterocycles. The monoisotopic (exact) mass is 233 g/mol. The zero-order valence-electron chi connectivity index (χ0n) is 10.1. The topological polar surface area (TPSA) is 73.2 Å². The molecule has 2 rings (SSSR count). The Bertz CT molecular complexity index is 535. The maximum atomic E-state index is 5.82. The smallest absolute Gasteiger partial charge is 0.168 e. The van der Waals surface area contributed by atoms with Crippen molar-refractivity contribution in [2.24, 2.45) is 0 Å². The lowest BCUT2D eigenvalue weighted by Crippen LogP contribution is -1.96. The fraction of sp³-hybridized carbons (Fsp3) is 0.250. The average Bonchev–Trinajstić information content (AvgIpc) is 2.74. The number of aromatic amines is 1. The van der Waals surface area contributed by atoms with E-state index in [1.807, 2.05) is 19.1 Å². The van der Waals surface area contributed by atoms with Gasteiger partial charge in [-0.25, -0.2) is 0 Å². The lowest BCUT2D eigenvalue weighted by molar-refractivity contribution is 0.356. The number of H-pyrrole nitrogens is 1. The second kappa shape index (κ2) is 4.37. The molecule has 0 saturated carbocycles. The van der Waals surface area contributed by atoms with Crippen LogP contribution >= 0.6 is 0 Å². The first-order valence-electron chi connectivity index (χ1n) is 5.19. The van der Waals surface area contributed by atoms with Crippen LogP contribution in [0.15, 0.2) is 18.3 Å². The summed E-state index contributed by atoms with van der Waals surface area (Å²) in [6, 6.07) is 3.90. The Hall–Kier alpha value is -2.17. The molecule has 90 valence electrons. The highest BCUT2D eigenvalue weighted by Gasteiger charge is 2.15. The van der Waals surface area contributed by atoms with Crippen LogP contribution in [-0.4, -0.2) is 24.4 Å². The van der Waals surface area contributed by atoms with E-state index in [0.29, 0.717) is 17.3 Å². The minimum absolute atomic E-state index is 0.510. The summed E-state index contributed by atoms with van der Waals surface area (Å²) >= 11 is 0. The van der Waals surface area contributed by atoms with Crippen molar-refractivity contribution in [1.82, 2.24) is 10.2 Å². The van der Waals surface area contributed by atoms with Crippen molar-refractivity contribution in [3.8, 4) is 22.6 Å². The van der Waals surface area contributed by atoms with Gasteiger partial charge in [-0.05, 0) is 24.6 Å². The Balaban J connectivity index is 2.68. The second-order valence-electron chi connectivity index (χ2n) is 3.75. The van der Waals surface area contributed by atoms with Gasteiger partial charge < -0.3 is 15.2 Å². The van der Waals surface area contributed by atoms with E-state index in [0.717, 1.165) is 16.7 Å². The van der Waals surface area contributed by atoms with Gasteiger partial charge in [0.05, 0.1) is 20.4 Å². The lowest BCUT2D eigenvalue weighted by Gasteiger charge is -2.13. The van der Waals surface area contributed by atoms with E-state index < -0.39 is 0 Å². The van der Waals surface area contributed by atoms with Gasteiger partial charge in [0.2, 0.25) is 0 Å². The van der Waals surface area contributed by atoms with Crippen molar-refractivity contribution in [2.75, 3.05) is 20.0 Å². The van der Waals surface area contributed by atoms with Gasteiger partial charge in [0.1, 0.15) is 5.82 Å². The van der Waals surface area contributed by atoms with E-state index in [2.05, 4.69) is 10.2 Å². The molecule has 5 heteroatoms. The minimum atomic E-state index is 0.510. The molecule has 0 atom stereocenters. The number of methoxy groups -OCH3 is 2. The van der Waals surface area contributed by atoms with Crippen molar-refractivity contribution in [3.63, 3.8) is 0 Å². The van der Waals surface area contributed by atoms with Crippen LogP contribution in [0, 0.1) is 6.92 Å². The Labute approximate surface area is 99.5 Å². The van der Waals surface area contributed by atoms with Crippen LogP contribution in [0.3, 0.4) is 0 Å². The summed E-state index contributed by atoms with van der Waals surface area (Å²) in [6.45, 7) is 1.99. The van der Waals surface area contributed by atoms with E-state index in [4.69, 9.17) is 15.2 Å². The normalized spacial score (nSPS) is 10.3. The number of nitrogens with one attached hydrogen (secondary N) is 1. The molecule has 0 fully saturated rings. The number of aromatic nitrogens is 2.